The molecule has 0 radical (unpaired) electrons. The molecule has 0 fully saturated rings. The van der Waals surface area contributed by atoms with Crippen LogP contribution in [-0.2, 0) is 6.42 Å². The third kappa shape index (κ3) is 1.72. The number of nitrogens with one attached hydrogen (secondary N) is 1. The highest BCUT2D eigenvalue weighted by Crippen LogP contribution is 2.17. The van der Waals surface area contributed by atoms with Gasteiger partial charge in [-0.15, -0.1) is 0 Å². The number of hydrogen-bond acceptors (Lipinski definition) is 3. The third-order valence-electron chi connectivity index (χ3n) is 1.76. The molecule has 0 unspecified atom stereocenters. The van der Waals surface area contributed by atoms with Crippen molar-refractivity contribution >= 4 is 0 Å². The fraction of sp³-hybridized carbons (Fsp3) is 0.222. The van der Waals surface area contributed by atoms with Crippen molar-refractivity contribution in [3.8, 4) is 5.95 Å². The predicted octanol–water partition coefficient (Wildman–Crippen LogP) is 1.60. The van der Waals surface area contributed by atoms with Crippen LogP contribution < -0.4 is 4.74 Å². The van der Waals surface area contributed by atoms with Gasteiger partial charge in [-0.05, 0) is 6.07 Å². The quantitative estimate of drug-likeness (QED) is 0.776. The first-order valence-electron chi connectivity index (χ1n) is 3.98. The molecule has 0 aliphatic rings. The van der Waals surface area contributed by atoms with Crippen LogP contribution >= 0.6 is 0 Å². The Labute approximate surface area is 75.6 Å². The second-order valence-corrected chi connectivity index (χ2v) is 2.68. The molecule has 2 heterocycles. The van der Waals surface area contributed by atoms with Gasteiger partial charge in [-0.3, -0.25) is 0 Å². The molecular weight excluding hydrogens is 168 g/mol. The van der Waals surface area contributed by atoms with Gasteiger partial charge in [-0.2, -0.15) is 0 Å². The molecule has 0 atom stereocenters. The Morgan fingerprint density at radius 3 is 3.08 bits per heavy atom. The van der Waals surface area contributed by atoms with Crippen molar-refractivity contribution in [1.82, 2.24) is 9.97 Å². The molecule has 2 aromatic heterocycles. The topological polar surface area (TPSA) is 51.0 Å². The zero-order valence-electron chi connectivity index (χ0n) is 7.28. The Balaban J connectivity index is 2.10. The minimum absolute atomic E-state index is 0.537. The lowest BCUT2D eigenvalue weighted by Crippen LogP contribution is -1.84. The summed E-state index contributed by atoms with van der Waals surface area (Å²) in [5.74, 6) is 1.40. The minimum Gasteiger partial charge on any atom is -0.468 e. The second-order valence-electron chi connectivity index (χ2n) is 2.68. The molecule has 0 amide bonds. The van der Waals surface area contributed by atoms with Gasteiger partial charge in [-0.1, -0.05) is 0 Å². The Morgan fingerprint density at radius 2 is 2.46 bits per heavy atom. The highest BCUT2D eigenvalue weighted by atomic mass is 16.6. The lowest BCUT2D eigenvalue weighted by atomic mass is 10.3. The zero-order chi connectivity index (χ0) is 9.10. The van der Waals surface area contributed by atoms with Crippen LogP contribution in [0.4, 0.5) is 0 Å². The Bertz CT molecular complexity index is 365. The van der Waals surface area contributed by atoms with Gasteiger partial charge in [-0.25, -0.2) is 4.98 Å². The summed E-state index contributed by atoms with van der Waals surface area (Å²) in [5, 5.41) is 0. The number of methoxy groups -OCH3 is 1. The van der Waals surface area contributed by atoms with E-state index in [1.54, 1.807) is 25.7 Å². The Morgan fingerprint density at radius 1 is 1.54 bits per heavy atom. The highest BCUT2D eigenvalue weighted by molar-refractivity contribution is 5.16. The third-order valence-corrected chi connectivity index (χ3v) is 1.76. The molecule has 1 N–H and O–H groups in total. The summed E-state index contributed by atoms with van der Waals surface area (Å²) < 4.78 is 10.3. The summed E-state index contributed by atoms with van der Waals surface area (Å²) in [7, 11) is 1.58. The van der Waals surface area contributed by atoms with E-state index in [4.69, 9.17) is 9.15 Å². The van der Waals surface area contributed by atoms with E-state index in [2.05, 4.69) is 9.97 Å². The van der Waals surface area contributed by atoms with E-state index in [-0.39, 0.29) is 0 Å². The van der Waals surface area contributed by atoms with Gasteiger partial charge in [0.05, 0.1) is 13.4 Å². The molecule has 0 saturated heterocycles. The molecule has 4 nitrogen and oxygen atoms in total. The predicted molar refractivity (Wildman–Crippen MR) is 46.7 cm³/mol. The van der Waals surface area contributed by atoms with E-state index in [1.165, 1.54) is 0 Å². The molecule has 4 heteroatoms. The van der Waals surface area contributed by atoms with Crippen LogP contribution in [0, 0.1) is 0 Å². The molecule has 0 aliphatic heterocycles. The molecule has 0 spiro atoms. The number of aromatic nitrogens is 2. The van der Waals surface area contributed by atoms with Crippen molar-refractivity contribution in [2.45, 2.75) is 6.42 Å². The van der Waals surface area contributed by atoms with Gasteiger partial charge in [0.2, 0.25) is 0 Å². The maximum atomic E-state index is 5.34. The standard InChI is InChI=1S/C9H10N2O2/c1-12-9-3-2-8(13-9)4-7-5-10-6-11-7/h2-3,5-6H,4H2,1H3,(H,10,11). The van der Waals surface area contributed by atoms with Gasteiger partial charge >= 0.3 is 0 Å². The normalized spacial score (nSPS) is 10.2. The average Bonchev–Trinajstić information content (AvgIpc) is 2.76. The van der Waals surface area contributed by atoms with Crippen molar-refractivity contribution in [3.63, 3.8) is 0 Å². The van der Waals surface area contributed by atoms with Crippen molar-refractivity contribution in [3.05, 3.63) is 36.1 Å². The number of nitrogens with zero attached hydrogens (tertiary/aromatic N) is 1. The van der Waals surface area contributed by atoms with Crippen LogP contribution in [0.2, 0.25) is 0 Å². The minimum atomic E-state index is 0.537. The highest BCUT2D eigenvalue weighted by Gasteiger charge is 2.03. The van der Waals surface area contributed by atoms with Gasteiger partial charge in [0.25, 0.3) is 5.95 Å². The van der Waals surface area contributed by atoms with Gasteiger partial charge < -0.3 is 14.1 Å². The van der Waals surface area contributed by atoms with Crippen LogP contribution in [-0.4, -0.2) is 17.1 Å². The number of hydrogen-bond donors (Lipinski definition) is 1. The summed E-state index contributed by atoms with van der Waals surface area (Å²) in [6.45, 7) is 0. The number of furan rings is 1. The molecule has 2 aromatic rings. The van der Waals surface area contributed by atoms with Crippen molar-refractivity contribution in [2.24, 2.45) is 0 Å². The molecular formula is C9H10N2O2. The fourth-order valence-corrected chi connectivity index (χ4v) is 1.13. The number of H-pyrrole nitrogens is 1. The van der Waals surface area contributed by atoms with E-state index in [9.17, 15) is 0 Å². The van der Waals surface area contributed by atoms with Crippen LogP contribution in [0.3, 0.4) is 0 Å². The van der Waals surface area contributed by atoms with E-state index >= 15 is 0 Å². The zero-order valence-corrected chi connectivity index (χ0v) is 7.28. The Hall–Kier alpha value is -1.71. The SMILES string of the molecule is COc1ccc(Cc2cnc[nH]2)o1. The van der Waals surface area contributed by atoms with Gasteiger partial charge in [0, 0.05) is 24.4 Å². The smallest absolute Gasteiger partial charge is 0.284 e. The first-order chi connectivity index (χ1) is 6.38. The monoisotopic (exact) mass is 178 g/mol. The summed E-state index contributed by atoms with van der Waals surface area (Å²) >= 11 is 0. The Kier molecular flexibility index (Phi) is 2.04. The maximum Gasteiger partial charge on any atom is 0.284 e. The average molecular weight is 178 g/mol. The van der Waals surface area contributed by atoms with Gasteiger partial charge in [0.15, 0.2) is 0 Å². The lowest BCUT2D eigenvalue weighted by Gasteiger charge is -1.93. The van der Waals surface area contributed by atoms with Crippen LogP contribution in [0.1, 0.15) is 11.5 Å². The van der Waals surface area contributed by atoms with Gasteiger partial charge in [0.1, 0.15) is 5.76 Å². The van der Waals surface area contributed by atoms with Crippen molar-refractivity contribution in [1.29, 1.82) is 0 Å². The molecule has 2 rings (SSSR count). The molecule has 0 aliphatic carbocycles. The van der Waals surface area contributed by atoms with Crippen LogP contribution in [0.5, 0.6) is 5.95 Å². The van der Waals surface area contributed by atoms with E-state index < -0.39 is 0 Å². The number of ether oxygens (including phenoxy) is 1. The van der Waals surface area contributed by atoms with Crippen molar-refractivity contribution < 1.29 is 9.15 Å². The van der Waals surface area contributed by atoms with Crippen LogP contribution in [0.15, 0.2) is 29.1 Å². The summed E-state index contributed by atoms with van der Waals surface area (Å²) in [5.41, 5.74) is 1.03. The molecule has 13 heavy (non-hydrogen) atoms. The lowest BCUT2D eigenvalue weighted by molar-refractivity contribution is 0.296. The van der Waals surface area contributed by atoms with E-state index in [0.29, 0.717) is 12.4 Å². The molecule has 68 valence electrons. The van der Waals surface area contributed by atoms with E-state index in [1.807, 2.05) is 6.07 Å². The number of imidazole rings is 1. The largest absolute Gasteiger partial charge is 0.468 e. The number of rotatable bonds is 3. The fourth-order valence-electron chi connectivity index (χ4n) is 1.13. The summed E-state index contributed by atoms with van der Waals surface area (Å²) in [6.07, 6.45) is 4.13. The second kappa shape index (κ2) is 3.35. The van der Waals surface area contributed by atoms with Crippen LogP contribution in [0.25, 0.3) is 0 Å². The maximum absolute atomic E-state index is 5.34. The molecule has 0 bridgehead atoms. The molecule has 0 aromatic carbocycles. The first-order valence-corrected chi connectivity index (χ1v) is 3.98. The first kappa shape index (κ1) is 7.91. The van der Waals surface area contributed by atoms with Crippen molar-refractivity contribution in [2.75, 3.05) is 7.11 Å². The number of aromatic amines is 1. The summed E-state index contributed by atoms with van der Waals surface area (Å²) in [4.78, 5) is 6.92. The van der Waals surface area contributed by atoms with E-state index in [0.717, 1.165) is 11.5 Å². The molecule has 0 saturated carbocycles. The summed E-state index contributed by atoms with van der Waals surface area (Å²) in [6, 6.07) is 3.69.